The van der Waals surface area contributed by atoms with Crippen molar-refractivity contribution in [1.82, 2.24) is 5.32 Å². The Hall–Kier alpha value is -4.18. The standard InChI is InChI=1S/C25H24FN3O5S/c1-3-16-27-25(31)22-6-4-5-7-23(22)28-24(30)17-29(19-10-12-20(34-2)13-11-19)35(32,33)21-14-8-18(26)9-15-21/h3-15H,1,16-17H2,2H3,(H,27,31)(H,28,30). The van der Waals surface area contributed by atoms with Crippen LogP contribution in [-0.4, -0.2) is 40.4 Å². The second-order valence-corrected chi connectivity index (χ2v) is 9.12. The number of rotatable bonds is 10. The summed E-state index contributed by atoms with van der Waals surface area (Å²) in [4.78, 5) is 25.2. The van der Waals surface area contributed by atoms with E-state index >= 15 is 0 Å². The molecule has 2 amide bonds. The SMILES string of the molecule is C=CCNC(=O)c1ccccc1NC(=O)CN(c1ccc(OC)cc1)S(=O)(=O)c1ccc(F)cc1. The number of para-hydroxylation sites is 1. The highest BCUT2D eigenvalue weighted by molar-refractivity contribution is 7.92. The summed E-state index contributed by atoms with van der Waals surface area (Å²) < 4.78 is 46.2. The number of methoxy groups -OCH3 is 1. The van der Waals surface area contributed by atoms with Crippen molar-refractivity contribution < 1.29 is 27.1 Å². The average molecular weight is 498 g/mol. The predicted octanol–water partition coefficient (Wildman–Crippen LogP) is 3.58. The zero-order valence-electron chi connectivity index (χ0n) is 18.9. The number of hydrogen-bond acceptors (Lipinski definition) is 5. The van der Waals surface area contributed by atoms with E-state index < -0.39 is 34.2 Å². The van der Waals surface area contributed by atoms with E-state index in [-0.39, 0.29) is 28.4 Å². The summed E-state index contributed by atoms with van der Waals surface area (Å²) in [5.41, 5.74) is 0.621. The number of sulfonamides is 1. The lowest BCUT2D eigenvalue weighted by Gasteiger charge is -2.24. The summed E-state index contributed by atoms with van der Waals surface area (Å²) in [5.74, 6) is -1.21. The molecule has 0 spiro atoms. The van der Waals surface area contributed by atoms with Crippen molar-refractivity contribution in [2.24, 2.45) is 0 Å². The first kappa shape index (κ1) is 25.4. The normalized spacial score (nSPS) is 10.8. The molecule has 10 heteroatoms. The number of amides is 2. The molecule has 0 aliphatic carbocycles. The van der Waals surface area contributed by atoms with Gasteiger partial charge < -0.3 is 15.4 Å². The van der Waals surface area contributed by atoms with Crippen LogP contribution in [0.5, 0.6) is 5.75 Å². The number of nitrogens with zero attached hydrogens (tertiary/aromatic N) is 1. The molecule has 0 unspecified atom stereocenters. The molecule has 0 aliphatic heterocycles. The van der Waals surface area contributed by atoms with Crippen molar-refractivity contribution >= 4 is 33.2 Å². The average Bonchev–Trinajstić information content (AvgIpc) is 2.86. The van der Waals surface area contributed by atoms with E-state index in [4.69, 9.17) is 4.74 Å². The molecule has 3 aromatic carbocycles. The Labute approximate surface area is 203 Å². The van der Waals surface area contributed by atoms with Gasteiger partial charge >= 0.3 is 0 Å². The van der Waals surface area contributed by atoms with Crippen LogP contribution < -0.4 is 19.7 Å². The lowest BCUT2D eigenvalue weighted by Crippen LogP contribution is -2.38. The van der Waals surface area contributed by atoms with Gasteiger partial charge in [-0.15, -0.1) is 6.58 Å². The highest BCUT2D eigenvalue weighted by Gasteiger charge is 2.28. The van der Waals surface area contributed by atoms with Gasteiger partial charge in [-0.3, -0.25) is 13.9 Å². The van der Waals surface area contributed by atoms with Gasteiger partial charge in [0.1, 0.15) is 18.1 Å². The van der Waals surface area contributed by atoms with Gasteiger partial charge in [0.05, 0.1) is 28.9 Å². The van der Waals surface area contributed by atoms with Crippen molar-refractivity contribution in [2.45, 2.75) is 4.90 Å². The fourth-order valence-electron chi connectivity index (χ4n) is 3.17. The summed E-state index contributed by atoms with van der Waals surface area (Å²) >= 11 is 0. The molecule has 0 radical (unpaired) electrons. The topological polar surface area (TPSA) is 105 Å². The van der Waals surface area contributed by atoms with Gasteiger partial charge in [-0.25, -0.2) is 12.8 Å². The number of hydrogen-bond donors (Lipinski definition) is 2. The number of nitrogens with one attached hydrogen (secondary N) is 2. The Morgan fingerprint density at radius 2 is 1.69 bits per heavy atom. The van der Waals surface area contributed by atoms with E-state index in [9.17, 15) is 22.4 Å². The first-order chi connectivity index (χ1) is 16.8. The summed E-state index contributed by atoms with van der Waals surface area (Å²) in [6.45, 7) is 3.18. The minimum atomic E-state index is -4.24. The van der Waals surface area contributed by atoms with Crippen LogP contribution in [0.3, 0.4) is 0 Å². The number of benzene rings is 3. The first-order valence-electron chi connectivity index (χ1n) is 10.5. The quantitative estimate of drug-likeness (QED) is 0.417. The Balaban J connectivity index is 1.92. The predicted molar refractivity (Wildman–Crippen MR) is 132 cm³/mol. The molecule has 0 aromatic heterocycles. The van der Waals surface area contributed by atoms with E-state index in [1.54, 1.807) is 24.3 Å². The molecular weight excluding hydrogens is 473 g/mol. The molecule has 0 atom stereocenters. The third-order valence-electron chi connectivity index (χ3n) is 4.90. The fourth-order valence-corrected chi connectivity index (χ4v) is 4.59. The smallest absolute Gasteiger partial charge is 0.264 e. The maximum Gasteiger partial charge on any atom is 0.264 e. The molecule has 0 aliphatic rings. The van der Waals surface area contributed by atoms with E-state index in [2.05, 4.69) is 17.2 Å². The van der Waals surface area contributed by atoms with Gasteiger partial charge in [0.25, 0.3) is 15.9 Å². The van der Waals surface area contributed by atoms with E-state index in [0.717, 1.165) is 28.6 Å². The molecule has 2 N–H and O–H groups in total. The number of halogens is 1. The van der Waals surface area contributed by atoms with Crippen LogP contribution in [0.25, 0.3) is 0 Å². The summed E-state index contributed by atoms with van der Waals surface area (Å²) in [6.07, 6.45) is 1.52. The molecule has 0 saturated heterocycles. The van der Waals surface area contributed by atoms with Gasteiger partial charge in [-0.2, -0.15) is 0 Å². The number of carbonyl (C=O) groups excluding carboxylic acids is 2. The van der Waals surface area contributed by atoms with Crippen LogP contribution in [0, 0.1) is 5.82 Å². The van der Waals surface area contributed by atoms with Crippen molar-refractivity contribution in [3.63, 3.8) is 0 Å². The summed E-state index contributed by atoms with van der Waals surface area (Å²) in [7, 11) is -2.77. The molecule has 182 valence electrons. The Morgan fingerprint density at radius 3 is 2.31 bits per heavy atom. The van der Waals surface area contributed by atoms with E-state index in [0.29, 0.717) is 5.75 Å². The fraction of sp³-hybridized carbons (Fsp3) is 0.120. The summed E-state index contributed by atoms with van der Waals surface area (Å²) in [5, 5.41) is 5.24. The largest absolute Gasteiger partial charge is 0.497 e. The van der Waals surface area contributed by atoms with Crippen molar-refractivity contribution in [3.05, 3.63) is 96.8 Å². The molecule has 0 heterocycles. The first-order valence-corrected chi connectivity index (χ1v) is 11.9. The maximum absolute atomic E-state index is 13.4. The molecule has 3 rings (SSSR count). The van der Waals surface area contributed by atoms with Gasteiger partial charge in [-0.1, -0.05) is 18.2 Å². The van der Waals surface area contributed by atoms with Crippen LogP contribution in [0.2, 0.25) is 0 Å². The molecule has 0 bridgehead atoms. The molecule has 0 fully saturated rings. The van der Waals surface area contributed by atoms with Crippen LogP contribution in [0.15, 0.2) is 90.3 Å². The third kappa shape index (κ3) is 6.24. The summed E-state index contributed by atoms with van der Waals surface area (Å²) in [6, 6.07) is 16.7. The second kappa shape index (κ2) is 11.3. The highest BCUT2D eigenvalue weighted by Crippen LogP contribution is 2.26. The van der Waals surface area contributed by atoms with Crippen LogP contribution in [0.1, 0.15) is 10.4 Å². The van der Waals surface area contributed by atoms with Crippen LogP contribution in [0.4, 0.5) is 15.8 Å². The Morgan fingerprint density at radius 1 is 1.03 bits per heavy atom. The minimum Gasteiger partial charge on any atom is -0.497 e. The van der Waals surface area contributed by atoms with Gasteiger partial charge in [0.2, 0.25) is 5.91 Å². The highest BCUT2D eigenvalue weighted by atomic mass is 32.2. The van der Waals surface area contributed by atoms with Gasteiger partial charge in [-0.05, 0) is 60.7 Å². The van der Waals surface area contributed by atoms with E-state index in [1.165, 1.54) is 37.5 Å². The Bertz CT molecular complexity index is 1310. The number of ether oxygens (including phenoxy) is 1. The van der Waals surface area contributed by atoms with Crippen molar-refractivity contribution in [2.75, 3.05) is 29.8 Å². The monoisotopic (exact) mass is 497 g/mol. The van der Waals surface area contributed by atoms with Crippen LogP contribution in [-0.2, 0) is 14.8 Å². The zero-order chi connectivity index (χ0) is 25.4. The third-order valence-corrected chi connectivity index (χ3v) is 6.69. The van der Waals surface area contributed by atoms with Gasteiger partial charge in [0.15, 0.2) is 0 Å². The molecule has 3 aromatic rings. The number of anilines is 2. The van der Waals surface area contributed by atoms with E-state index in [1.807, 2.05) is 0 Å². The minimum absolute atomic E-state index is 0.188. The second-order valence-electron chi connectivity index (χ2n) is 7.26. The van der Waals surface area contributed by atoms with Crippen molar-refractivity contribution in [3.8, 4) is 5.75 Å². The van der Waals surface area contributed by atoms with Gasteiger partial charge in [0, 0.05) is 6.54 Å². The number of carbonyl (C=O) groups is 2. The van der Waals surface area contributed by atoms with Crippen molar-refractivity contribution in [1.29, 1.82) is 0 Å². The maximum atomic E-state index is 13.4. The Kier molecular flexibility index (Phi) is 8.21. The zero-order valence-corrected chi connectivity index (χ0v) is 19.7. The lowest BCUT2D eigenvalue weighted by molar-refractivity contribution is -0.114. The lowest BCUT2D eigenvalue weighted by atomic mass is 10.1. The molecular formula is C25H24FN3O5S. The van der Waals surface area contributed by atoms with Crippen LogP contribution >= 0.6 is 0 Å². The molecule has 0 saturated carbocycles. The molecule has 35 heavy (non-hydrogen) atoms. The molecule has 8 nitrogen and oxygen atoms in total.